The fourth-order valence-electron chi connectivity index (χ4n) is 4.22. The smallest absolute Gasteiger partial charge is 0.258 e. The second kappa shape index (κ2) is 9.79. The molecule has 0 aliphatic carbocycles. The summed E-state index contributed by atoms with van der Waals surface area (Å²) >= 11 is 0. The average Bonchev–Trinajstić information content (AvgIpc) is 3.21. The molecule has 1 aromatic heterocycles. The van der Waals surface area contributed by atoms with Crippen LogP contribution in [0.4, 0.5) is 21.5 Å². The van der Waals surface area contributed by atoms with Gasteiger partial charge in [-0.15, -0.1) is 0 Å². The van der Waals surface area contributed by atoms with Crippen molar-refractivity contribution in [1.82, 2.24) is 14.9 Å². The van der Waals surface area contributed by atoms with E-state index in [0.717, 1.165) is 16.8 Å². The van der Waals surface area contributed by atoms with Gasteiger partial charge in [0.05, 0.1) is 34.5 Å². The number of hydrogen-bond acceptors (Lipinski definition) is 6. The molecular weight excluding hydrogens is 471 g/mol. The Morgan fingerprint density at radius 2 is 1.68 bits per heavy atom. The highest BCUT2D eigenvalue weighted by Crippen LogP contribution is 2.38. The Kier molecular flexibility index (Phi) is 6.37. The first kappa shape index (κ1) is 24.1. The van der Waals surface area contributed by atoms with Crippen LogP contribution in [0.5, 0.6) is 0 Å². The summed E-state index contributed by atoms with van der Waals surface area (Å²) in [6.07, 6.45) is 3.23. The van der Waals surface area contributed by atoms with E-state index in [1.54, 1.807) is 30.4 Å². The number of amides is 2. The molecule has 8 nitrogen and oxygen atoms in total. The molecule has 2 amide bonds. The first-order valence-corrected chi connectivity index (χ1v) is 11.7. The predicted octanol–water partition coefficient (Wildman–Crippen LogP) is 4.23. The van der Waals surface area contributed by atoms with Gasteiger partial charge in [-0.3, -0.25) is 19.6 Å². The van der Waals surface area contributed by atoms with E-state index in [1.165, 1.54) is 12.1 Å². The minimum absolute atomic E-state index is 0.0303. The molecule has 0 radical (unpaired) electrons. The Bertz CT molecular complexity index is 1550. The number of benzene rings is 3. The van der Waals surface area contributed by atoms with Crippen molar-refractivity contribution in [1.29, 1.82) is 0 Å². The van der Waals surface area contributed by atoms with Gasteiger partial charge < -0.3 is 20.4 Å². The van der Waals surface area contributed by atoms with Gasteiger partial charge in [0.25, 0.3) is 5.91 Å². The maximum atomic E-state index is 13.9. The van der Waals surface area contributed by atoms with Gasteiger partial charge in [0.15, 0.2) is 0 Å². The van der Waals surface area contributed by atoms with Crippen molar-refractivity contribution in [2.75, 3.05) is 43.2 Å². The van der Waals surface area contributed by atoms with Gasteiger partial charge in [0, 0.05) is 41.9 Å². The van der Waals surface area contributed by atoms with Gasteiger partial charge in [-0.2, -0.15) is 0 Å². The first-order valence-electron chi connectivity index (χ1n) is 11.7. The van der Waals surface area contributed by atoms with Crippen molar-refractivity contribution in [2.24, 2.45) is 0 Å². The van der Waals surface area contributed by atoms with E-state index in [1.807, 2.05) is 61.5 Å². The lowest BCUT2D eigenvalue weighted by Gasteiger charge is -2.20. The minimum Gasteiger partial charge on any atom is -0.354 e. The molecule has 5 rings (SSSR count). The van der Waals surface area contributed by atoms with Crippen molar-refractivity contribution >= 4 is 51.2 Å². The number of carbonyl (C=O) groups is 2. The molecule has 0 atom stereocenters. The fraction of sp³-hybridized carbons (Fsp3) is 0.143. The molecule has 1 aliphatic rings. The van der Waals surface area contributed by atoms with E-state index in [4.69, 9.17) is 0 Å². The van der Waals surface area contributed by atoms with Crippen molar-refractivity contribution in [3.8, 4) is 0 Å². The highest BCUT2D eigenvalue weighted by atomic mass is 19.1. The second-order valence-corrected chi connectivity index (χ2v) is 9.02. The standard InChI is InChI=1S/C28H25FN6O2/c1-34(2)16-25(36)35(3)20-8-6-19(7-9-20)32-27(17-4-11-22-24(14-17)31-13-12-30-22)26-21-10-5-18(29)15-23(21)33-28(26)37/h4-15,32H,16H2,1-3H3,(H,33,37)/b27-26-. The lowest BCUT2D eigenvalue weighted by atomic mass is 9.99. The maximum absolute atomic E-state index is 13.9. The summed E-state index contributed by atoms with van der Waals surface area (Å²) in [4.78, 5) is 37.7. The number of rotatable bonds is 6. The second-order valence-electron chi connectivity index (χ2n) is 9.02. The van der Waals surface area contributed by atoms with Gasteiger partial charge >= 0.3 is 0 Å². The van der Waals surface area contributed by atoms with Crippen molar-refractivity contribution < 1.29 is 14.0 Å². The van der Waals surface area contributed by atoms with E-state index >= 15 is 0 Å². The number of likely N-dealkylation sites (N-methyl/N-ethyl adjacent to an activating group) is 2. The van der Waals surface area contributed by atoms with E-state index in [9.17, 15) is 14.0 Å². The summed E-state index contributed by atoms with van der Waals surface area (Å²) in [5.74, 6) is -0.801. The van der Waals surface area contributed by atoms with E-state index in [2.05, 4.69) is 20.6 Å². The number of aromatic nitrogens is 2. The molecule has 4 aromatic rings. The summed E-state index contributed by atoms with van der Waals surface area (Å²) in [6, 6.07) is 17.1. The van der Waals surface area contributed by atoms with E-state index < -0.39 is 5.82 Å². The van der Waals surface area contributed by atoms with Gasteiger partial charge in [-0.25, -0.2) is 4.39 Å². The van der Waals surface area contributed by atoms with Crippen LogP contribution in [0, 0.1) is 5.82 Å². The van der Waals surface area contributed by atoms with Crippen LogP contribution in [0.1, 0.15) is 11.1 Å². The molecule has 9 heteroatoms. The topological polar surface area (TPSA) is 90.5 Å². The van der Waals surface area contributed by atoms with Gasteiger partial charge in [-0.1, -0.05) is 6.07 Å². The molecule has 0 bridgehead atoms. The van der Waals surface area contributed by atoms with Gasteiger partial charge in [0.2, 0.25) is 5.91 Å². The van der Waals surface area contributed by atoms with Crippen LogP contribution in [0.25, 0.3) is 22.3 Å². The van der Waals surface area contributed by atoms with Crippen LogP contribution in [-0.4, -0.2) is 54.4 Å². The van der Waals surface area contributed by atoms with Crippen LogP contribution in [0.3, 0.4) is 0 Å². The van der Waals surface area contributed by atoms with Crippen molar-refractivity contribution in [3.05, 3.63) is 90.0 Å². The SMILES string of the molecule is CN(C)CC(=O)N(C)c1ccc(N/C(=C2\C(=O)Nc3cc(F)ccc32)c2ccc3nccnc3c2)cc1. The molecule has 0 saturated carbocycles. The maximum Gasteiger partial charge on any atom is 0.258 e. The van der Waals surface area contributed by atoms with E-state index in [-0.39, 0.29) is 11.8 Å². The summed E-state index contributed by atoms with van der Waals surface area (Å²) in [5, 5.41) is 6.14. The minimum atomic E-state index is -0.431. The average molecular weight is 497 g/mol. The molecule has 1 aliphatic heterocycles. The quantitative estimate of drug-likeness (QED) is 0.389. The van der Waals surface area contributed by atoms with Crippen LogP contribution >= 0.6 is 0 Å². The summed E-state index contributed by atoms with van der Waals surface area (Å²) in [6.45, 7) is 0.298. The molecule has 0 unspecified atom stereocenters. The highest BCUT2D eigenvalue weighted by molar-refractivity contribution is 6.37. The zero-order valence-electron chi connectivity index (χ0n) is 20.6. The van der Waals surface area contributed by atoms with Crippen LogP contribution in [0.2, 0.25) is 0 Å². The molecule has 3 aromatic carbocycles. The summed E-state index contributed by atoms with van der Waals surface area (Å²) in [7, 11) is 5.42. The monoisotopic (exact) mass is 496 g/mol. The third-order valence-electron chi connectivity index (χ3n) is 6.08. The summed E-state index contributed by atoms with van der Waals surface area (Å²) in [5.41, 5.74) is 5.51. The normalized spacial score (nSPS) is 13.9. The molecule has 37 heavy (non-hydrogen) atoms. The zero-order chi connectivity index (χ0) is 26.1. The summed E-state index contributed by atoms with van der Waals surface area (Å²) < 4.78 is 13.9. The number of fused-ring (bicyclic) bond motifs is 2. The lowest BCUT2D eigenvalue weighted by Crippen LogP contribution is -2.34. The van der Waals surface area contributed by atoms with Crippen molar-refractivity contribution in [3.63, 3.8) is 0 Å². The van der Waals surface area contributed by atoms with Gasteiger partial charge in [-0.05, 0) is 68.7 Å². The fourth-order valence-corrected chi connectivity index (χ4v) is 4.22. The Morgan fingerprint density at radius 1 is 0.946 bits per heavy atom. The van der Waals surface area contributed by atoms with E-state index in [0.29, 0.717) is 40.3 Å². The Hall–Kier alpha value is -4.63. The predicted molar refractivity (Wildman–Crippen MR) is 143 cm³/mol. The first-order chi connectivity index (χ1) is 17.8. The number of nitrogens with zero attached hydrogens (tertiary/aromatic N) is 4. The number of hydrogen-bond donors (Lipinski definition) is 2. The Balaban J connectivity index is 1.56. The van der Waals surface area contributed by atoms with Crippen LogP contribution in [0.15, 0.2) is 73.1 Å². The number of nitrogens with one attached hydrogen (secondary N) is 2. The third-order valence-corrected chi connectivity index (χ3v) is 6.08. The largest absolute Gasteiger partial charge is 0.354 e. The van der Waals surface area contributed by atoms with Crippen LogP contribution in [-0.2, 0) is 9.59 Å². The molecule has 2 heterocycles. The number of halogens is 1. The molecule has 0 spiro atoms. The lowest BCUT2D eigenvalue weighted by molar-refractivity contribution is -0.119. The van der Waals surface area contributed by atoms with Crippen molar-refractivity contribution in [2.45, 2.75) is 0 Å². The van der Waals surface area contributed by atoms with Gasteiger partial charge in [0.1, 0.15) is 5.82 Å². The third kappa shape index (κ3) is 4.89. The number of anilines is 3. The zero-order valence-corrected chi connectivity index (χ0v) is 20.6. The van der Waals surface area contributed by atoms with Crippen LogP contribution < -0.4 is 15.5 Å². The molecular formula is C28H25FN6O2. The molecule has 186 valence electrons. The number of carbonyl (C=O) groups excluding carboxylic acids is 2. The Labute approximate surface area is 213 Å². The molecule has 2 N–H and O–H groups in total. The molecule has 0 saturated heterocycles. The molecule has 0 fully saturated rings. The highest BCUT2D eigenvalue weighted by Gasteiger charge is 2.29. The Morgan fingerprint density at radius 3 is 2.41 bits per heavy atom.